The summed E-state index contributed by atoms with van der Waals surface area (Å²) in [6.45, 7) is 19.2. The molecule has 2 aromatic rings. The molecule has 3 heterocycles. The number of methoxy groups -OCH3 is 2. The molecule has 3 aliphatic heterocycles. The minimum Gasteiger partial charge on any atom is -0.496 e. The normalized spacial score (nSPS) is 17.7. The van der Waals surface area contributed by atoms with Crippen molar-refractivity contribution < 1.29 is 55.3 Å². The molecule has 0 saturated carbocycles. The predicted molar refractivity (Wildman–Crippen MR) is 250 cm³/mol. The molecule has 5 rings (SSSR count). The van der Waals surface area contributed by atoms with Gasteiger partial charge in [0.25, 0.3) is 5.91 Å². The van der Waals surface area contributed by atoms with Crippen molar-refractivity contribution >= 4 is 60.0 Å². The third-order valence-corrected chi connectivity index (χ3v) is 14.3. The number of benzene rings is 2. The van der Waals surface area contributed by atoms with Crippen LogP contribution in [0.2, 0.25) is 0 Å². The van der Waals surface area contributed by atoms with Crippen LogP contribution in [0.15, 0.2) is 34.1 Å². The second-order valence-corrected chi connectivity index (χ2v) is 19.5. The van der Waals surface area contributed by atoms with Crippen LogP contribution in [0.1, 0.15) is 81.0 Å². The van der Waals surface area contributed by atoms with Gasteiger partial charge in [0.2, 0.25) is 0 Å². The van der Waals surface area contributed by atoms with Crippen LogP contribution in [0, 0.1) is 0 Å². The van der Waals surface area contributed by atoms with E-state index in [1.54, 1.807) is 6.92 Å². The lowest BCUT2D eigenvalue weighted by Crippen LogP contribution is -2.40. The zero-order valence-electron chi connectivity index (χ0n) is 38.7. The number of halogens is 1. The highest BCUT2D eigenvalue weighted by atomic mass is 35.5. The van der Waals surface area contributed by atoms with Gasteiger partial charge in [0, 0.05) is 62.0 Å². The van der Waals surface area contributed by atoms with E-state index in [1.165, 1.54) is 72.2 Å². The Hall–Kier alpha value is -3.96. The van der Waals surface area contributed by atoms with Crippen LogP contribution in [-0.2, 0) is 29.1 Å². The first kappa shape index (κ1) is 58.1. The lowest BCUT2D eigenvalue weighted by Gasteiger charge is -2.23. The number of aromatic carboxylic acids is 1. The number of sulfone groups is 2. The Kier molecular flexibility index (Phi) is 26.8. The SMILES string of the molecule is CCN1CCC[C@@H]1CN.CCN1CCC[C@@H]1CNC(=O)c1cc(S(=O)(=O)CC)c(N)cc1OC.CCOC(=O)Cl.CCS(=O)(=O)c1cc(C(=O)O)c(OC)cc1N.CN1CCOCC1. The second kappa shape index (κ2) is 29.5. The molecular formula is C42H72ClN7O12S2. The van der Waals surface area contributed by atoms with Crippen LogP contribution >= 0.6 is 11.6 Å². The molecule has 2 aromatic carbocycles. The molecule has 19 nitrogen and oxygen atoms in total. The third-order valence-electron chi connectivity index (χ3n) is 10.6. The number of nitrogens with zero attached hydrogens (tertiary/aromatic N) is 3. The number of carboxylic acid groups (broad SMARTS) is 1. The average molecular weight is 967 g/mol. The lowest BCUT2D eigenvalue weighted by atomic mass is 10.1. The number of likely N-dealkylation sites (N-methyl/N-ethyl adjacent to an activating group) is 3. The number of hydrogen-bond donors (Lipinski definition) is 5. The summed E-state index contributed by atoms with van der Waals surface area (Å²) < 4.78 is 67.1. The molecule has 0 bridgehead atoms. The van der Waals surface area contributed by atoms with Gasteiger partial charge in [0.15, 0.2) is 19.7 Å². The summed E-state index contributed by atoms with van der Waals surface area (Å²) in [4.78, 5) is 40.0. The van der Waals surface area contributed by atoms with Crippen LogP contribution in [0.5, 0.6) is 11.5 Å². The van der Waals surface area contributed by atoms with Crippen molar-refractivity contribution in [1.29, 1.82) is 0 Å². The third kappa shape index (κ3) is 18.9. The molecule has 0 radical (unpaired) electrons. The molecule has 22 heteroatoms. The number of nitrogens with two attached hydrogens (primary N) is 3. The number of nitrogen functional groups attached to an aromatic ring is 2. The molecule has 3 aliphatic rings. The van der Waals surface area contributed by atoms with Crippen molar-refractivity contribution in [1.82, 2.24) is 20.0 Å². The molecule has 8 N–H and O–H groups in total. The number of anilines is 2. The zero-order chi connectivity index (χ0) is 48.6. The van der Waals surface area contributed by atoms with Crippen LogP contribution in [0.3, 0.4) is 0 Å². The van der Waals surface area contributed by atoms with Gasteiger partial charge >= 0.3 is 11.4 Å². The highest BCUT2D eigenvalue weighted by Gasteiger charge is 2.26. The summed E-state index contributed by atoms with van der Waals surface area (Å²) in [5.74, 6) is -1.56. The van der Waals surface area contributed by atoms with Crippen molar-refractivity contribution in [2.75, 3.05) is 116 Å². The largest absolute Gasteiger partial charge is 0.496 e. The minimum atomic E-state index is -3.55. The number of carbonyl (C=O) groups excluding carboxylic acids is 2. The van der Waals surface area contributed by atoms with E-state index in [0.717, 1.165) is 64.8 Å². The maximum absolute atomic E-state index is 12.6. The van der Waals surface area contributed by atoms with E-state index in [2.05, 4.69) is 45.6 Å². The van der Waals surface area contributed by atoms with E-state index in [0.29, 0.717) is 25.2 Å². The van der Waals surface area contributed by atoms with Gasteiger partial charge < -0.3 is 51.5 Å². The average Bonchev–Trinajstić information content (AvgIpc) is 3.95. The van der Waals surface area contributed by atoms with Crippen molar-refractivity contribution in [3.05, 3.63) is 35.4 Å². The topological polar surface area (TPSA) is 276 Å². The van der Waals surface area contributed by atoms with Gasteiger partial charge in [-0.25, -0.2) is 26.4 Å². The quantitative estimate of drug-likeness (QED) is 0.133. The lowest BCUT2D eigenvalue weighted by molar-refractivity contribution is 0.0503. The monoisotopic (exact) mass is 965 g/mol. The number of carbonyl (C=O) groups is 3. The summed E-state index contributed by atoms with van der Waals surface area (Å²) >= 11 is 4.72. The molecule has 3 fully saturated rings. The number of carboxylic acids is 1. The fourth-order valence-electron chi connectivity index (χ4n) is 6.88. The first-order valence-electron chi connectivity index (χ1n) is 21.4. The maximum atomic E-state index is 12.6. The van der Waals surface area contributed by atoms with Crippen LogP contribution in [0.4, 0.5) is 16.2 Å². The smallest absolute Gasteiger partial charge is 0.403 e. The van der Waals surface area contributed by atoms with Gasteiger partial charge in [0.1, 0.15) is 17.1 Å². The molecule has 0 unspecified atom stereocenters. The Morgan fingerprint density at radius 3 is 1.58 bits per heavy atom. The minimum absolute atomic E-state index is 0.0197. The van der Waals surface area contributed by atoms with Crippen molar-refractivity contribution in [2.45, 2.75) is 82.2 Å². The van der Waals surface area contributed by atoms with E-state index < -0.39 is 31.1 Å². The molecule has 0 aromatic heterocycles. The fraction of sp³-hybridized carbons (Fsp3) is 0.643. The van der Waals surface area contributed by atoms with E-state index in [-0.39, 0.29) is 61.2 Å². The molecule has 3 saturated heterocycles. The fourth-order valence-corrected chi connectivity index (χ4v) is 9.04. The number of rotatable bonds is 14. The van der Waals surface area contributed by atoms with Gasteiger partial charge in [0.05, 0.1) is 72.3 Å². The summed E-state index contributed by atoms with van der Waals surface area (Å²) in [5, 5.41) is 11.8. The highest BCUT2D eigenvalue weighted by Crippen LogP contribution is 2.30. The van der Waals surface area contributed by atoms with E-state index in [9.17, 15) is 31.2 Å². The Balaban J connectivity index is 0.000000448. The standard InChI is InChI=1S/C17H27N3O4S.C10H13NO5S.C7H16N2.C5H11NO.C3H5ClO2/c1-4-20-8-6-7-12(20)11-19-17(21)13-9-16(25(22,23)5-2)14(18)10-15(13)24-3;1-3-17(14,15)9-4-6(10(12)13)8(16-2)5-7(9)11;1-2-9-5-3-4-7(9)6-8;1-6-2-4-7-5-3-6;1-2-6-3(4)5/h9-10,12H,4-8,11,18H2,1-3H3,(H,19,21);4-5H,3,11H2,1-2H3,(H,12,13);7H,2-6,8H2,1H3;2-5H2,1H3;2H2,1H3/t12-;;7-;;/m1.1../s1. The van der Waals surface area contributed by atoms with E-state index in [1.807, 2.05) is 0 Å². The highest BCUT2D eigenvalue weighted by molar-refractivity contribution is 7.91. The number of nitrogens with one attached hydrogen (secondary N) is 1. The van der Waals surface area contributed by atoms with Gasteiger partial charge in [-0.3, -0.25) is 14.6 Å². The summed E-state index contributed by atoms with van der Waals surface area (Å²) in [5.41, 5.74) is 16.3. The van der Waals surface area contributed by atoms with E-state index >= 15 is 0 Å². The maximum Gasteiger partial charge on any atom is 0.403 e. The van der Waals surface area contributed by atoms with Crippen LogP contribution < -0.4 is 32.0 Å². The number of morpholine rings is 1. The molecule has 0 aliphatic carbocycles. The van der Waals surface area contributed by atoms with Gasteiger partial charge in [-0.1, -0.05) is 27.7 Å². The Morgan fingerprint density at radius 1 is 0.781 bits per heavy atom. The van der Waals surface area contributed by atoms with Gasteiger partial charge in [-0.2, -0.15) is 0 Å². The zero-order valence-corrected chi connectivity index (χ0v) is 41.1. The van der Waals surface area contributed by atoms with Crippen molar-refractivity contribution in [3.8, 4) is 11.5 Å². The van der Waals surface area contributed by atoms with Crippen LogP contribution in [-0.4, -0.2) is 171 Å². The number of hydrogen-bond acceptors (Lipinski definition) is 17. The van der Waals surface area contributed by atoms with Crippen molar-refractivity contribution in [3.63, 3.8) is 0 Å². The first-order chi connectivity index (χ1) is 30.2. The van der Waals surface area contributed by atoms with Crippen LogP contribution in [0.25, 0.3) is 0 Å². The van der Waals surface area contributed by atoms with E-state index in [4.69, 9.17) is 48.1 Å². The predicted octanol–water partition coefficient (Wildman–Crippen LogP) is 3.81. The second-order valence-electron chi connectivity index (χ2n) is 14.7. The number of amides is 1. The molecular weight excluding hydrogens is 894 g/mol. The van der Waals surface area contributed by atoms with Crippen molar-refractivity contribution in [2.24, 2.45) is 5.73 Å². The number of ether oxygens (including phenoxy) is 4. The Morgan fingerprint density at radius 2 is 1.23 bits per heavy atom. The summed E-state index contributed by atoms with van der Waals surface area (Å²) in [6.07, 6.45) is 4.82. The molecule has 1 amide bonds. The Bertz CT molecular complexity index is 1980. The van der Waals surface area contributed by atoms with Gasteiger partial charge in [-0.05, 0) is 78.0 Å². The molecule has 2 atom stereocenters. The Labute approximate surface area is 385 Å². The van der Waals surface area contributed by atoms with Gasteiger partial charge in [-0.15, -0.1) is 0 Å². The number of likely N-dealkylation sites (tertiary alicyclic amines) is 2. The first-order valence-corrected chi connectivity index (χ1v) is 25.1. The summed E-state index contributed by atoms with van der Waals surface area (Å²) in [6, 6.07) is 5.93. The summed E-state index contributed by atoms with van der Waals surface area (Å²) in [7, 11) is -2.25. The molecule has 64 heavy (non-hydrogen) atoms. The molecule has 0 spiro atoms. The molecule has 366 valence electrons.